The molecule has 2 aromatic carbocycles. The Morgan fingerprint density at radius 3 is 2.56 bits per heavy atom. The van der Waals surface area contributed by atoms with E-state index >= 15 is 0 Å². The van der Waals surface area contributed by atoms with E-state index in [0.29, 0.717) is 16.6 Å². The van der Waals surface area contributed by atoms with Crippen molar-refractivity contribution in [2.45, 2.75) is 5.92 Å². The molecule has 0 aliphatic carbocycles. The van der Waals surface area contributed by atoms with E-state index in [2.05, 4.69) is 16.3 Å². The summed E-state index contributed by atoms with van der Waals surface area (Å²) < 4.78 is 5.50. The predicted octanol–water partition coefficient (Wildman–Crippen LogP) is 4.37. The first-order valence-electron chi connectivity index (χ1n) is 7.74. The van der Waals surface area contributed by atoms with Crippen LogP contribution in [0, 0.1) is 22.7 Å². The van der Waals surface area contributed by atoms with Crippen LogP contribution >= 0.6 is 11.6 Å². The maximum absolute atomic E-state index is 9.64. The number of benzene rings is 2. The second-order valence-corrected chi connectivity index (χ2v) is 6.17. The fourth-order valence-corrected chi connectivity index (χ4v) is 3.44. The molecule has 122 valence electrons. The van der Waals surface area contributed by atoms with Gasteiger partial charge in [0.1, 0.15) is 5.92 Å². The minimum Gasteiger partial charge on any atom is -0.422 e. The topological polar surface area (TPSA) is 85.6 Å². The lowest BCUT2D eigenvalue weighted by molar-refractivity contribution is 0.437. The van der Waals surface area contributed by atoms with Crippen molar-refractivity contribution in [3.8, 4) is 23.2 Å². The number of hydrogen-bond donors (Lipinski definition) is 2. The molecule has 1 aliphatic rings. The highest BCUT2D eigenvalue weighted by atomic mass is 35.5. The average molecular weight is 349 g/mol. The van der Waals surface area contributed by atoms with Crippen LogP contribution in [0.15, 0.2) is 54.6 Å². The molecule has 0 spiro atoms. The Morgan fingerprint density at radius 1 is 1.12 bits per heavy atom. The number of nitrogens with zero attached hydrogens (tertiary/aromatic N) is 2. The van der Waals surface area contributed by atoms with Gasteiger partial charge in [0.25, 0.3) is 0 Å². The Kier molecular flexibility index (Phi) is 3.75. The quantitative estimate of drug-likeness (QED) is 0.721. The molecule has 0 amide bonds. The van der Waals surface area contributed by atoms with Crippen molar-refractivity contribution in [3.05, 3.63) is 70.7 Å². The minimum absolute atomic E-state index is 0.0962. The van der Waals surface area contributed by atoms with Crippen LogP contribution in [-0.2, 0) is 0 Å². The number of aromatic amines is 1. The van der Waals surface area contributed by atoms with Gasteiger partial charge in [-0.05, 0) is 11.6 Å². The summed E-state index contributed by atoms with van der Waals surface area (Å²) >= 11 is 6.35. The summed E-state index contributed by atoms with van der Waals surface area (Å²) in [5.74, 6) is -0.859. The number of aromatic nitrogens is 2. The van der Waals surface area contributed by atoms with Crippen LogP contribution in [0.25, 0.3) is 11.3 Å². The third-order valence-corrected chi connectivity index (χ3v) is 4.67. The lowest BCUT2D eigenvalue weighted by Crippen LogP contribution is -2.30. The van der Waals surface area contributed by atoms with Crippen LogP contribution in [0.2, 0.25) is 5.02 Å². The van der Waals surface area contributed by atoms with E-state index in [-0.39, 0.29) is 11.8 Å². The first kappa shape index (κ1) is 15.4. The number of halogens is 1. The van der Waals surface area contributed by atoms with Gasteiger partial charge in [-0.3, -0.25) is 10.5 Å². The molecule has 6 heteroatoms. The van der Waals surface area contributed by atoms with Gasteiger partial charge in [-0.1, -0.05) is 60.1 Å². The Morgan fingerprint density at radius 2 is 1.84 bits per heavy atom. The highest BCUT2D eigenvalue weighted by Gasteiger charge is 2.40. The standard InChI is InChI=1S/C19H13ClN4O/c20-14-9-5-4-8-12(14)17-16-15(11-6-2-1-3-7-11)13(10-21)18(22)25-19(16)24-23-17/h1-9,13,15,22H,(H,23,24). The fraction of sp³-hybridized carbons (Fsp3) is 0.105. The van der Waals surface area contributed by atoms with Gasteiger partial charge in [0, 0.05) is 16.5 Å². The van der Waals surface area contributed by atoms with E-state index in [1.807, 2.05) is 48.5 Å². The number of H-pyrrole nitrogens is 1. The molecule has 2 unspecified atom stereocenters. The smallest absolute Gasteiger partial charge is 0.244 e. The SMILES string of the molecule is N#CC1C(=N)Oc2n[nH]c(-c3ccccc3Cl)c2C1c1ccccc1. The number of ether oxygens (including phenoxy) is 1. The van der Waals surface area contributed by atoms with Gasteiger partial charge in [-0.2, -0.15) is 5.26 Å². The van der Waals surface area contributed by atoms with Crippen molar-refractivity contribution in [1.29, 1.82) is 10.7 Å². The summed E-state index contributed by atoms with van der Waals surface area (Å²) in [4.78, 5) is 0. The summed E-state index contributed by atoms with van der Waals surface area (Å²) in [6.45, 7) is 0. The monoisotopic (exact) mass is 348 g/mol. The number of fused-ring (bicyclic) bond motifs is 1. The first-order chi connectivity index (χ1) is 12.2. The lowest BCUT2D eigenvalue weighted by Gasteiger charge is -2.28. The zero-order valence-corrected chi connectivity index (χ0v) is 13.8. The molecule has 0 fully saturated rings. The first-order valence-corrected chi connectivity index (χ1v) is 8.12. The zero-order valence-electron chi connectivity index (χ0n) is 13.0. The summed E-state index contributed by atoms with van der Waals surface area (Å²) in [6, 6.07) is 19.3. The highest BCUT2D eigenvalue weighted by Crippen LogP contribution is 2.46. The number of nitrogens with one attached hydrogen (secondary N) is 2. The van der Waals surface area contributed by atoms with Crippen molar-refractivity contribution in [1.82, 2.24) is 10.2 Å². The Bertz CT molecular complexity index is 990. The summed E-state index contributed by atoms with van der Waals surface area (Å²) in [5, 5.41) is 25.5. The molecule has 0 saturated carbocycles. The third-order valence-electron chi connectivity index (χ3n) is 4.34. The molecule has 5 nitrogen and oxygen atoms in total. The van der Waals surface area contributed by atoms with Gasteiger partial charge in [-0.25, -0.2) is 0 Å². The Balaban J connectivity index is 1.97. The normalized spacial score (nSPS) is 19.0. The second kappa shape index (κ2) is 6.08. The number of rotatable bonds is 2. The van der Waals surface area contributed by atoms with E-state index < -0.39 is 5.92 Å². The molecule has 3 aromatic rings. The molecule has 0 radical (unpaired) electrons. The lowest BCUT2D eigenvalue weighted by atomic mass is 9.79. The minimum atomic E-state index is -0.728. The van der Waals surface area contributed by atoms with Crippen LogP contribution in [0.1, 0.15) is 17.0 Å². The molecule has 2 atom stereocenters. The maximum Gasteiger partial charge on any atom is 0.244 e. The van der Waals surface area contributed by atoms with E-state index in [9.17, 15) is 5.26 Å². The van der Waals surface area contributed by atoms with Crippen LogP contribution < -0.4 is 4.74 Å². The molecule has 1 aromatic heterocycles. The van der Waals surface area contributed by atoms with Crippen molar-refractivity contribution >= 4 is 17.5 Å². The van der Waals surface area contributed by atoms with Gasteiger partial charge >= 0.3 is 0 Å². The number of nitriles is 1. The number of hydrogen-bond acceptors (Lipinski definition) is 4. The molecule has 2 N–H and O–H groups in total. The van der Waals surface area contributed by atoms with Crippen LogP contribution in [-0.4, -0.2) is 16.1 Å². The van der Waals surface area contributed by atoms with Gasteiger partial charge in [0.2, 0.25) is 11.8 Å². The van der Waals surface area contributed by atoms with Gasteiger partial charge < -0.3 is 4.74 Å². The van der Waals surface area contributed by atoms with Crippen LogP contribution in [0.3, 0.4) is 0 Å². The van der Waals surface area contributed by atoms with E-state index in [1.165, 1.54) is 0 Å². The third kappa shape index (κ3) is 2.48. The summed E-state index contributed by atoms with van der Waals surface area (Å²) in [5.41, 5.74) is 3.18. The highest BCUT2D eigenvalue weighted by molar-refractivity contribution is 6.33. The van der Waals surface area contributed by atoms with Crippen molar-refractivity contribution in [3.63, 3.8) is 0 Å². The Labute approximate surface area is 149 Å². The van der Waals surface area contributed by atoms with E-state index in [1.54, 1.807) is 6.07 Å². The maximum atomic E-state index is 9.64. The predicted molar refractivity (Wildman–Crippen MR) is 94.8 cm³/mol. The Hall–Kier alpha value is -3.10. The van der Waals surface area contributed by atoms with Crippen LogP contribution in [0.4, 0.5) is 0 Å². The average Bonchev–Trinajstić information content (AvgIpc) is 3.04. The molecule has 1 aliphatic heterocycles. The van der Waals surface area contributed by atoms with Gasteiger partial charge in [0.05, 0.1) is 17.3 Å². The molecular weight excluding hydrogens is 336 g/mol. The second-order valence-electron chi connectivity index (χ2n) is 5.76. The molecule has 4 rings (SSSR count). The molecule has 0 bridgehead atoms. The zero-order chi connectivity index (χ0) is 17.4. The molecular formula is C19H13ClN4O. The molecule has 2 heterocycles. The fourth-order valence-electron chi connectivity index (χ4n) is 3.21. The summed E-state index contributed by atoms with van der Waals surface area (Å²) in [7, 11) is 0. The largest absolute Gasteiger partial charge is 0.422 e. The van der Waals surface area contributed by atoms with Gasteiger partial charge in [0.15, 0.2) is 0 Å². The van der Waals surface area contributed by atoms with Crippen molar-refractivity contribution in [2.24, 2.45) is 5.92 Å². The van der Waals surface area contributed by atoms with Crippen LogP contribution in [0.5, 0.6) is 5.88 Å². The van der Waals surface area contributed by atoms with Crippen molar-refractivity contribution in [2.75, 3.05) is 0 Å². The van der Waals surface area contributed by atoms with E-state index in [4.69, 9.17) is 21.7 Å². The van der Waals surface area contributed by atoms with Crippen molar-refractivity contribution < 1.29 is 4.74 Å². The molecule has 25 heavy (non-hydrogen) atoms. The van der Waals surface area contributed by atoms with Gasteiger partial charge in [-0.15, -0.1) is 5.10 Å². The van der Waals surface area contributed by atoms with E-state index in [0.717, 1.165) is 16.7 Å². The summed E-state index contributed by atoms with van der Waals surface area (Å²) in [6.07, 6.45) is 0. The molecule has 0 saturated heterocycles.